The minimum Gasteiger partial charge on any atom is -0.497 e. The Morgan fingerprint density at radius 1 is 1.21 bits per heavy atom. The van der Waals surface area contributed by atoms with Gasteiger partial charge in [0.25, 0.3) is 5.56 Å². The third-order valence-corrected chi connectivity index (χ3v) is 7.87. The largest absolute Gasteiger partial charge is 0.497 e. The highest BCUT2D eigenvalue weighted by molar-refractivity contribution is 8.00. The lowest BCUT2D eigenvalue weighted by Gasteiger charge is -2.03. The summed E-state index contributed by atoms with van der Waals surface area (Å²) >= 11 is 4.64. The average molecular weight is 444 g/mol. The molecule has 0 saturated heterocycles. The van der Waals surface area contributed by atoms with Crippen molar-refractivity contribution in [2.75, 3.05) is 12.4 Å². The fourth-order valence-electron chi connectivity index (χ4n) is 3.36. The van der Waals surface area contributed by atoms with Gasteiger partial charge in [-0.05, 0) is 49.1 Å². The highest BCUT2D eigenvalue weighted by Gasteiger charge is 2.21. The zero-order valence-corrected chi connectivity index (χ0v) is 18.0. The van der Waals surface area contributed by atoms with Crippen molar-refractivity contribution in [3.05, 3.63) is 50.9 Å². The highest BCUT2D eigenvalue weighted by Crippen LogP contribution is 2.35. The van der Waals surface area contributed by atoms with Gasteiger partial charge in [-0.15, -0.1) is 21.5 Å². The monoisotopic (exact) mass is 443 g/mol. The Kier molecular flexibility index (Phi) is 4.98. The molecule has 29 heavy (non-hydrogen) atoms. The lowest BCUT2D eigenvalue weighted by atomic mass is 10.2. The normalized spacial score (nSPS) is 13.0. The third kappa shape index (κ3) is 3.75. The fraction of sp³-hybridized carbons (Fsp3) is 0.263. The molecule has 0 atom stereocenters. The van der Waals surface area contributed by atoms with E-state index in [4.69, 9.17) is 4.74 Å². The summed E-state index contributed by atoms with van der Waals surface area (Å²) in [6, 6.07) is 7.62. The summed E-state index contributed by atoms with van der Waals surface area (Å²) in [4.78, 5) is 22.3. The summed E-state index contributed by atoms with van der Waals surface area (Å²) in [5.41, 5.74) is 2.10. The first-order valence-electron chi connectivity index (χ1n) is 9.10. The molecular weight excluding hydrogens is 426 g/mol. The van der Waals surface area contributed by atoms with E-state index in [1.165, 1.54) is 33.5 Å². The van der Waals surface area contributed by atoms with Gasteiger partial charge in [-0.2, -0.15) is 0 Å². The standard InChI is InChI=1S/C19H17N5O2S3/c1-26-11-7-5-10(6-8-11)20-18-23-24-19(29-18)27-9-14-21-16(25)15-12-3-2-4-13(12)28-17(15)22-14/h5-8H,2-4,9H2,1H3,(H,20,23)(H,21,22,25). The van der Waals surface area contributed by atoms with E-state index in [2.05, 4.69) is 25.5 Å². The molecule has 2 N–H and O–H groups in total. The van der Waals surface area contributed by atoms with Crippen LogP contribution in [0.3, 0.4) is 0 Å². The summed E-state index contributed by atoms with van der Waals surface area (Å²) < 4.78 is 5.98. The SMILES string of the molecule is COc1ccc(Nc2nnc(SCc3nc4sc5c(c4c(=O)[nH]3)CCC5)s2)cc1. The number of fused-ring (bicyclic) bond motifs is 3. The minimum atomic E-state index is -0.0240. The molecule has 148 valence electrons. The Balaban J connectivity index is 1.27. The van der Waals surface area contributed by atoms with Crippen LogP contribution in [0.2, 0.25) is 0 Å². The van der Waals surface area contributed by atoms with E-state index in [-0.39, 0.29) is 5.56 Å². The number of thioether (sulfide) groups is 1. The molecule has 0 fully saturated rings. The molecule has 0 saturated carbocycles. The van der Waals surface area contributed by atoms with Crippen molar-refractivity contribution < 1.29 is 4.74 Å². The first-order valence-corrected chi connectivity index (χ1v) is 11.7. The van der Waals surface area contributed by atoms with Crippen LogP contribution in [0.5, 0.6) is 5.75 Å². The van der Waals surface area contributed by atoms with Crippen LogP contribution < -0.4 is 15.6 Å². The van der Waals surface area contributed by atoms with E-state index in [0.717, 1.165) is 45.3 Å². The van der Waals surface area contributed by atoms with Crippen molar-refractivity contribution in [1.82, 2.24) is 20.2 Å². The number of methoxy groups -OCH3 is 1. The van der Waals surface area contributed by atoms with Crippen LogP contribution in [0.4, 0.5) is 10.8 Å². The van der Waals surface area contributed by atoms with Gasteiger partial charge in [0.1, 0.15) is 16.4 Å². The lowest BCUT2D eigenvalue weighted by molar-refractivity contribution is 0.415. The van der Waals surface area contributed by atoms with Crippen molar-refractivity contribution in [2.45, 2.75) is 29.4 Å². The van der Waals surface area contributed by atoms with Gasteiger partial charge in [-0.3, -0.25) is 4.79 Å². The van der Waals surface area contributed by atoms with Gasteiger partial charge >= 0.3 is 0 Å². The molecule has 0 amide bonds. The van der Waals surface area contributed by atoms with Crippen LogP contribution in [0.15, 0.2) is 33.4 Å². The first-order chi connectivity index (χ1) is 14.2. The van der Waals surface area contributed by atoms with E-state index < -0.39 is 0 Å². The maximum absolute atomic E-state index is 12.5. The van der Waals surface area contributed by atoms with Gasteiger partial charge in [0.15, 0.2) is 4.34 Å². The zero-order chi connectivity index (χ0) is 19.8. The maximum Gasteiger partial charge on any atom is 0.259 e. The highest BCUT2D eigenvalue weighted by atomic mass is 32.2. The number of aryl methyl sites for hydroxylation is 2. The number of hydrogen-bond acceptors (Lipinski definition) is 9. The number of H-pyrrole nitrogens is 1. The number of hydrogen-bond donors (Lipinski definition) is 2. The number of ether oxygens (including phenoxy) is 1. The van der Waals surface area contributed by atoms with E-state index in [0.29, 0.717) is 16.7 Å². The van der Waals surface area contributed by atoms with Gasteiger partial charge in [-0.1, -0.05) is 23.1 Å². The molecule has 0 aliphatic heterocycles. The number of nitrogens with zero attached hydrogens (tertiary/aromatic N) is 3. The second kappa shape index (κ2) is 7.77. The molecule has 3 heterocycles. The van der Waals surface area contributed by atoms with Gasteiger partial charge in [0, 0.05) is 10.6 Å². The van der Waals surface area contributed by atoms with Crippen LogP contribution in [0.25, 0.3) is 10.2 Å². The van der Waals surface area contributed by atoms with E-state index in [9.17, 15) is 4.79 Å². The number of aromatic nitrogens is 4. The van der Waals surface area contributed by atoms with E-state index in [1.807, 2.05) is 24.3 Å². The summed E-state index contributed by atoms with van der Waals surface area (Å²) in [5.74, 6) is 2.02. The summed E-state index contributed by atoms with van der Waals surface area (Å²) in [5, 5.41) is 13.1. The Bertz CT molecular complexity index is 1230. The van der Waals surface area contributed by atoms with Crippen LogP contribution in [-0.2, 0) is 18.6 Å². The van der Waals surface area contributed by atoms with Crippen molar-refractivity contribution >= 4 is 55.5 Å². The molecular formula is C19H17N5O2S3. The van der Waals surface area contributed by atoms with Crippen molar-refractivity contribution in [2.24, 2.45) is 0 Å². The van der Waals surface area contributed by atoms with Gasteiger partial charge in [-0.25, -0.2) is 4.98 Å². The van der Waals surface area contributed by atoms with Gasteiger partial charge in [0.2, 0.25) is 5.13 Å². The van der Waals surface area contributed by atoms with Crippen LogP contribution in [-0.4, -0.2) is 27.3 Å². The number of aromatic amines is 1. The van der Waals surface area contributed by atoms with Crippen LogP contribution >= 0.6 is 34.4 Å². The van der Waals surface area contributed by atoms with E-state index in [1.54, 1.807) is 18.4 Å². The summed E-state index contributed by atoms with van der Waals surface area (Å²) in [7, 11) is 1.64. The second-order valence-corrected chi connectivity index (χ2v) is 9.85. The zero-order valence-electron chi connectivity index (χ0n) is 15.5. The summed E-state index contributed by atoms with van der Waals surface area (Å²) in [6.45, 7) is 0. The molecule has 3 aromatic heterocycles. The number of rotatable bonds is 6. The van der Waals surface area contributed by atoms with Gasteiger partial charge < -0.3 is 15.0 Å². The smallest absolute Gasteiger partial charge is 0.259 e. The van der Waals surface area contributed by atoms with Crippen LogP contribution in [0, 0.1) is 0 Å². The maximum atomic E-state index is 12.5. The molecule has 0 radical (unpaired) electrons. The van der Waals surface area contributed by atoms with Crippen molar-refractivity contribution in [3.63, 3.8) is 0 Å². The quantitative estimate of drug-likeness (QED) is 0.428. The molecule has 10 heteroatoms. The Labute approximate surface area is 178 Å². The minimum absolute atomic E-state index is 0.0240. The second-order valence-electron chi connectivity index (χ2n) is 6.57. The topological polar surface area (TPSA) is 92.8 Å². The molecule has 4 aromatic rings. The molecule has 0 unspecified atom stereocenters. The summed E-state index contributed by atoms with van der Waals surface area (Å²) in [6.07, 6.45) is 3.19. The lowest BCUT2D eigenvalue weighted by Crippen LogP contribution is -2.11. The van der Waals surface area contributed by atoms with Crippen molar-refractivity contribution in [3.8, 4) is 5.75 Å². The number of anilines is 2. The molecule has 0 bridgehead atoms. The average Bonchev–Trinajstić information content (AvgIpc) is 3.43. The van der Waals surface area contributed by atoms with Gasteiger partial charge in [0.05, 0.1) is 18.2 Å². The van der Waals surface area contributed by atoms with Crippen LogP contribution in [0.1, 0.15) is 22.7 Å². The molecule has 1 aromatic carbocycles. The molecule has 7 nitrogen and oxygen atoms in total. The Morgan fingerprint density at radius 2 is 2.07 bits per heavy atom. The predicted molar refractivity (Wildman–Crippen MR) is 118 cm³/mol. The first kappa shape index (κ1) is 18.6. The number of benzene rings is 1. The predicted octanol–water partition coefficient (Wildman–Crippen LogP) is 4.37. The fourth-order valence-corrected chi connectivity index (χ4v) is 6.28. The Morgan fingerprint density at radius 3 is 2.90 bits per heavy atom. The van der Waals surface area contributed by atoms with Crippen molar-refractivity contribution in [1.29, 1.82) is 0 Å². The molecule has 5 rings (SSSR count). The molecule has 1 aliphatic carbocycles. The van der Waals surface area contributed by atoms with E-state index >= 15 is 0 Å². The molecule has 1 aliphatic rings. The number of nitrogens with one attached hydrogen (secondary N) is 2. The number of thiophene rings is 1. The molecule has 0 spiro atoms. The third-order valence-electron chi connectivity index (χ3n) is 4.70. The Hall–Kier alpha value is -2.43.